The molecule has 2 heteroatoms. The maximum absolute atomic E-state index is 6.56. The minimum Gasteiger partial charge on any atom is -0.379 e. The first-order chi connectivity index (χ1) is 26.8. The number of hydrogen-bond acceptors (Lipinski definition) is 2. The van der Waals surface area contributed by atoms with E-state index in [-0.39, 0.29) is 6.10 Å². The van der Waals surface area contributed by atoms with Crippen LogP contribution in [-0.4, -0.2) is 25.9 Å². The Kier molecular flexibility index (Phi) is 48.0. The first kappa shape index (κ1) is 53.4. The van der Waals surface area contributed by atoms with Crippen LogP contribution in [0.3, 0.4) is 0 Å². The van der Waals surface area contributed by atoms with E-state index in [1.54, 1.807) is 0 Å². The second kappa shape index (κ2) is 48.5. The second-order valence-corrected chi connectivity index (χ2v) is 17.3. The zero-order chi connectivity index (χ0) is 39.1. The predicted molar refractivity (Wildman–Crippen MR) is 245 cm³/mol. The summed E-state index contributed by atoms with van der Waals surface area (Å²) in [7, 11) is 0. The Bertz CT molecular complexity index is 713. The molecule has 0 aromatic heterocycles. The van der Waals surface area contributed by atoms with Crippen LogP contribution in [0.1, 0.15) is 278 Å². The lowest BCUT2D eigenvalue weighted by atomic mass is 9.96. The van der Waals surface area contributed by atoms with Crippen molar-refractivity contribution < 1.29 is 9.47 Å². The summed E-state index contributed by atoms with van der Waals surface area (Å²) in [5.41, 5.74) is 0. The van der Waals surface area contributed by atoms with Crippen LogP contribution < -0.4 is 0 Å². The van der Waals surface area contributed by atoms with Gasteiger partial charge in [-0.3, -0.25) is 0 Å². The minimum absolute atomic E-state index is 0.265. The summed E-state index contributed by atoms with van der Waals surface area (Å²) in [6, 6.07) is 0. The summed E-state index contributed by atoms with van der Waals surface area (Å²) in [6.07, 6.45) is 63.3. The fraction of sp³-hybridized carbons (Fsp3) is 0.923. The normalized spacial score (nSPS) is 13.2. The van der Waals surface area contributed by atoms with E-state index >= 15 is 0 Å². The number of hydrogen-bond donors (Lipinski definition) is 0. The number of rotatable bonds is 47. The predicted octanol–water partition coefficient (Wildman–Crippen LogP) is 18.4. The first-order valence-electron chi connectivity index (χ1n) is 25.2. The Hall–Kier alpha value is -0.600. The molecule has 0 fully saturated rings. The van der Waals surface area contributed by atoms with E-state index in [2.05, 4.69) is 52.0 Å². The van der Waals surface area contributed by atoms with E-state index in [9.17, 15) is 0 Å². The highest BCUT2D eigenvalue weighted by Crippen LogP contribution is 2.20. The summed E-state index contributed by atoms with van der Waals surface area (Å²) in [4.78, 5) is 0. The van der Waals surface area contributed by atoms with Crippen molar-refractivity contribution in [2.75, 3.05) is 19.8 Å². The fourth-order valence-corrected chi connectivity index (χ4v) is 7.75. The summed E-state index contributed by atoms with van der Waals surface area (Å²) in [5, 5.41) is 0. The molecular weight excluding hydrogens is 657 g/mol. The third kappa shape index (κ3) is 44.1. The Morgan fingerprint density at radius 2 is 0.630 bits per heavy atom. The molecule has 0 spiro atoms. The van der Waals surface area contributed by atoms with Crippen molar-refractivity contribution in [3.8, 4) is 0 Å². The topological polar surface area (TPSA) is 18.5 Å². The van der Waals surface area contributed by atoms with Crippen LogP contribution in [0.15, 0.2) is 24.3 Å². The maximum Gasteiger partial charge on any atom is 0.0833 e. The highest BCUT2D eigenvalue weighted by Gasteiger charge is 2.18. The van der Waals surface area contributed by atoms with E-state index in [0.717, 1.165) is 19.8 Å². The lowest BCUT2D eigenvalue weighted by Gasteiger charge is -2.25. The van der Waals surface area contributed by atoms with Crippen LogP contribution in [-0.2, 0) is 9.47 Å². The zero-order valence-corrected chi connectivity index (χ0v) is 38.0. The average molecular weight is 759 g/mol. The second-order valence-electron chi connectivity index (χ2n) is 17.3. The van der Waals surface area contributed by atoms with Crippen LogP contribution >= 0.6 is 0 Å². The van der Waals surface area contributed by atoms with Crippen molar-refractivity contribution in [1.82, 2.24) is 0 Å². The monoisotopic (exact) mass is 759 g/mol. The van der Waals surface area contributed by atoms with Gasteiger partial charge in [-0.05, 0) is 76.5 Å². The SMILES string of the molecule is CCCCCCCC/C=C\CCCCCCCCOCC(OCCCCCCCC/C=C\CCCCCCCC)C(C)CCCCCCCCCCCC. The average Bonchev–Trinajstić information content (AvgIpc) is 3.18. The fourth-order valence-electron chi connectivity index (χ4n) is 7.75. The molecule has 0 saturated heterocycles. The Morgan fingerprint density at radius 1 is 0.333 bits per heavy atom. The van der Waals surface area contributed by atoms with Crippen LogP contribution in [0.2, 0.25) is 0 Å². The summed E-state index contributed by atoms with van der Waals surface area (Å²) < 4.78 is 12.8. The van der Waals surface area contributed by atoms with Crippen molar-refractivity contribution in [2.45, 2.75) is 284 Å². The molecule has 0 bridgehead atoms. The van der Waals surface area contributed by atoms with Crippen LogP contribution in [0.4, 0.5) is 0 Å². The standard InChI is InChI=1S/C52H102O2/c1-5-8-11-14-17-20-23-25-27-29-31-33-36-39-42-45-48-53-50-52(51(4)47-44-41-38-35-22-19-16-13-10-7-3)54-49-46-43-40-37-34-32-30-28-26-24-21-18-15-12-9-6-2/h25-28,51-52H,5-24,29-50H2,1-4H3/b27-25-,28-26-. The molecule has 2 atom stereocenters. The molecule has 0 rings (SSSR count). The lowest BCUT2D eigenvalue weighted by Crippen LogP contribution is -2.28. The largest absolute Gasteiger partial charge is 0.379 e. The highest BCUT2D eigenvalue weighted by molar-refractivity contribution is 4.82. The van der Waals surface area contributed by atoms with Crippen molar-refractivity contribution in [3.05, 3.63) is 24.3 Å². The van der Waals surface area contributed by atoms with Gasteiger partial charge in [0, 0.05) is 13.2 Å². The quantitative estimate of drug-likeness (QED) is 0.0454. The van der Waals surface area contributed by atoms with Crippen LogP contribution in [0, 0.1) is 5.92 Å². The highest BCUT2D eigenvalue weighted by atomic mass is 16.5. The van der Waals surface area contributed by atoms with Crippen molar-refractivity contribution in [1.29, 1.82) is 0 Å². The van der Waals surface area contributed by atoms with E-state index in [1.807, 2.05) is 0 Å². The van der Waals surface area contributed by atoms with Crippen LogP contribution in [0.5, 0.6) is 0 Å². The smallest absolute Gasteiger partial charge is 0.0833 e. The first-order valence-corrected chi connectivity index (χ1v) is 25.2. The van der Waals surface area contributed by atoms with Gasteiger partial charge in [-0.15, -0.1) is 0 Å². The minimum atomic E-state index is 0.265. The molecule has 0 aliphatic carbocycles. The summed E-state index contributed by atoms with van der Waals surface area (Å²) >= 11 is 0. The molecule has 54 heavy (non-hydrogen) atoms. The van der Waals surface area contributed by atoms with E-state index in [1.165, 1.54) is 250 Å². The Balaban J connectivity index is 4.08. The summed E-state index contributed by atoms with van der Waals surface area (Å²) in [5.74, 6) is 0.591. The van der Waals surface area contributed by atoms with Gasteiger partial charge in [0.15, 0.2) is 0 Å². The zero-order valence-electron chi connectivity index (χ0n) is 38.0. The molecule has 2 unspecified atom stereocenters. The molecule has 0 aliphatic rings. The third-order valence-electron chi connectivity index (χ3n) is 11.7. The number of allylic oxidation sites excluding steroid dienone is 4. The van der Waals surface area contributed by atoms with Gasteiger partial charge in [-0.25, -0.2) is 0 Å². The molecule has 0 aliphatic heterocycles. The third-order valence-corrected chi connectivity index (χ3v) is 11.7. The molecule has 2 nitrogen and oxygen atoms in total. The Morgan fingerprint density at radius 3 is 1.00 bits per heavy atom. The lowest BCUT2D eigenvalue weighted by molar-refractivity contribution is -0.0465. The van der Waals surface area contributed by atoms with E-state index in [4.69, 9.17) is 9.47 Å². The molecule has 0 amide bonds. The molecular formula is C52H102O2. The molecule has 0 heterocycles. The van der Waals surface area contributed by atoms with Gasteiger partial charge in [0.2, 0.25) is 0 Å². The van der Waals surface area contributed by atoms with Crippen molar-refractivity contribution >= 4 is 0 Å². The van der Waals surface area contributed by atoms with Gasteiger partial charge in [0.05, 0.1) is 12.7 Å². The van der Waals surface area contributed by atoms with Crippen molar-refractivity contribution in [2.24, 2.45) is 5.92 Å². The molecule has 0 radical (unpaired) electrons. The van der Waals surface area contributed by atoms with Gasteiger partial charge in [-0.2, -0.15) is 0 Å². The Labute approximate surface area is 342 Å². The number of unbranched alkanes of at least 4 members (excludes halogenated alkanes) is 33. The van der Waals surface area contributed by atoms with Gasteiger partial charge in [0.25, 0.3) is 0 Å². The number of ether oxygens (including phenoxy) is 2. The molecule has 0 aromatic carbocycles. The van der Waals surface area contributed by atoms with E-state index < -0.39 is 0 Å². The molecule has 0 saturated carbocycles. The maximum atomic E-state index is 6.56. The van der Waals surface area contributed by atoms with Crippen LogP contribution in [0.25, 0.3) is 0 Å². The van der Waals surface area contributed by atoms with Crippen molar-refractivity contribution in [3.63, 3.8) is 0 Å². The molecule has 0 N–H and O–H groups in total. The van der Waals surface area contributed by atoms with Gasteiger partial charge >= 0.3 is 0 Å². The molecule has 0 aromatic rings. The van der Waals surface area contributed by atoms with Gasteiger partial charge < -0.3 is 9.47 Å². The molecule has 322 valence electrons. The van der Waals surface area contributed by atoms with Gasteiger partial charge in [0.1, 0.15) is 0 Å². The summed E-state index contributed by atoms with van der Waals surface area (Å²) in [6.45, 7) is 11.9. The van der Waals surface area contributed by atoms with Gasteiger partial charge in [-0.1, -0.05) is 232 Å². The van der Waals surface area contributed by atoms with E-state index in [0.29, 0.717) is 5.92 Å².